The number of aliphatic hydroxyl groups is 1. The molecule has 0 saturated carbocycles. The van der Waals surface area contributed by atoms with Gasteiger partial charge >= 0.3 is 0 Å². The van der Waals surface area contributed by atoms with Crippen molar-refractivity contribution in [2.24, 2.45) is 5.92 Å². The van der Waals surface area contributed by atoms with Gasteiger partial charge in [-0.3, -0.25) is 4.90 Å². The van der Waals surface area contributed by atoms with Crippen LogP contribution in [0.3, 0.4) is 0 Å². The number of ether oxygens (including phenoxy) is 1. The normalized spacial score (nSPS) is 21.8. The molecule has 1 saturated heterocycles. The SMILES string of the molecule is Cc1cc(C[C@@H]2CN(CCOCc3ccccc3)C[C@H]2O)on1. The molecule has 5 nitrogen and oxygen atoms in total. The lowest BCUT2D eigenvalue weighted by atomic mass is 10.0. The van der Waals surface area contributed by atoms with Gasteiger partial charge in [0, 0.05) is 38.0 Å². The van der Waals surface area contributed by atoms with E-state index in [0.717, 1.165) is 31.0 Å². The van der Waals surface area contributed by atoms with Crippen molar-refractivity contribution in [3.63, 3.8) is 0 Å². The molecule has 124 valence electrons. The van der Waals surface area contributed by atoms with Crippen molar-refractivity contribution in [1.29, 1.82) is 0 Å². The van der Waals surface area contributed by atoms with Crippen LogP contribution in [0.25, 0.3) is 0 Å². The molecule has 0 unspecified atom stereocenters. The minimum Gasteiger partial charge on any atom is -0.391 e. The van der Waals surface area contributed by atoms with Crippen LogP contribution in [0.4, 0.5) is 0 Å². The Balaban J connectivity index is 1.38. The molecule has 1 aliphatic rings. The molecule has 0 spiro atoms. The van der Waals surface area contributed by atoms with Gasteiger partial charge in [-0.05, 0) is 12.5 Å². The van der Waals surface area contributed by atoms with E-state index in [-0.39, 0.29) is 12.0 Å². The number of nitrogens with zero attached hydrogens (tertiary/aromatic N) is 2. The largest absolute Gasteiger partial charge is 0.391 e. The van der Waals surface area contributed by atoms with Crippen molar-refractivity contribution in [2.75, 3.05) is 26.2 Å². The standard InChI is InChI=1S/C18H24N2O3/c1-14-9-17(23-19-14)10-16-11-20(12-18(16)21)7-8-22-13-15-5-3-2-4-6-15/h2-6,9,16,18,21H,7-8,10-13H2,1H3/t16-,18-/m1/s1. The summed E-state index contributed by atoms with van der Waals surface area (Å²) in [4.78, 5) is 2.25. The maximum atomic E-state index is 10.2. The third-order valence-electron chi connectivity index (χ3n) is 4.29. The molecule has 1 aliphatic heterocycles. The maximum absolute atomic E-state index is 10.2. The van der Waals surface area contributed by atoms with Gasteiger partial charge in [-0.1, -0.05) is 35.5 Å². The van der Waals surface area contributed by atoms with E-state index in [0.29, 0.717) is 19.8 Å². The number of β-amino-alcohol motifs (C(OH)–C–C–N with tert-alkyl or cyclic N) is 1. The first-order valence-corrected chi connectivity index (χ1v) is 8.15. The van der Waals surface area contributed by atoms with E-state index >= 15 is 0 Å². The molecule has 2 atom stereocenters. The molecule has 1 aromatic heterocycles. The Morgan fingerprint density at radius 1 is 1.30 bits per heavy atom. The minimum absolute atomic E-state index is 0.205. The van der Waals surface area contributed by atoms with Crippen LogP contribution in [0.2, 0.25) is 0 Å². The third-order valence-corrected chi connectivity index (χ3v) is 4.29. The van der Waals surface area contributed by atoms with Crippen molar-refractivity contribution in [3.05, 3.63) is 53.4 Å². The van der Waals surface area contributed by atoms with Gasteiger partial charge in [-0.15, -0.1) is 0 Å². The topological polar surface area (TPSA) is 58.7 Å². The van der Waals surface area contributed by atoms with Crippen LogP contribution in [-0.2, 0) is 17.8 Å². The van der Waals surface area contributed by atoms with Crippen molar-refractivity contribution in [1.82, 2.24) is 10.1 Å². The molecule has 3 rings (SSSR count). The molecule has 23 heavy (non-hydrogen) atoms. The monoisotopic (exact) mass is 316 g/mol. The number of aromatic nitrogens is 1. The average molecular weight is 316 g/mol. The second kappa shape index (κ2) is 7.73. The number of rotatable bonds is 7. The molecule has 0 aliphatic carbocycles. The fourth-order valence-electron chi connectivity index (χ4n) is 3.05. The van der Waals surface area contributed by atoms with Crippen LogP contribution in [0.15, 0.2) is 40.9 Å². The molecule has 0 radical (unpaired) electrons. The Morgan fingerprint density at radius 3 is 2.87 bits per heavy atom. The minimum atomic E-state index is -0.311. The molecule has 1 N–H and O–H groups in total. The lowest BCUT2D eigenvalue weighted by molar-refractivity contribution is 0.0935. The summed E-state index contributed by atoms with van der Waals surface area (Å²) in [7, 11) is 0. The van der Waals surface area contributed by atoms with Gasteiger partial charge in [0.1, 0.15) is 5.76 Å². The number of hydrogen-bond acceptors (Lipinski definition) is 5. The molecule has 2 aromatic rings. The first-order valence-electron chi connectivity index (χ1n) is 8.15. The fraction of sp³-hybridized carbons (Fsp3) is 0.500. The first kappa shape index (κ1) is 16.2. The second-order valence-electron chi connectivity index (χ2n) is 6.26. The summed E-state index contributed by atoms with van der Waals surface area (Å²) in [6.45, 7) is 5.64. The molecule has 0 bridgehead atoms. The van der Waals surface area contributed by atoms with E-state index in [9.17, 15) is 5.11 Å². The van der Waals surface area contributed by atoms with Crippen LogP contribution in [0.5, 0.6) is 0 Å². The predicted molar refractivity (Wildman–Crippen MR) is 87.0 cm³/mol. The van der Waals surface area contributed by atoms with Gasteiger partial charge in [0.25, 0.3) is 0 Å². The summed E-state index contributed by atoms with van der Waals surface area (Å²) < 4.78 is 11.0. The van der Waals surface area contributed by atoms with Crippen LogP contribution < -0.4 is 0 Å². The molecular weight excluding hydrogens is 292 g/mol. The lowest BCUT2D eigenvalue weighted by Crippen LogP contribution is -2.26. The summed E-state index contributed by atoms with van der Waals surface area (Å²) in [6, 6.07) is 12.1. The highest BCUT2D eigenvalue weighted by atomic mass is 16.5. The van der Waals surface area contributed by atoms with Crippen LogP contribution in [0, 0.1) is 12.8 Å². The number of hydrogen-bond donors (Lipinski definition) is 1. The van der Waals surface area contributed by atoms with Gasteiger partial charge in [0.05, 0.1) is 25.0 Å². The van der Waals surface area contributed by atoms with Gasteiger partial charge in [0.2, 0.25) is 0 Å². The molecule has 2 heterocycles. The Bertz CT molecular complexity index is 599. The number of aliphatic hydroxyl groups excluding tert-OH is 1. The lowest BCUT2D eigenvalue weighted by Gasteiger charge is -2.15. The van der Waals surface area contributed by atoms with Gasteiger partial charge < -0.3 is 14.4 Å². The van der Waals surface area contributed by atoms with E-state index in [4.69, 9.17) is 9.26 Å². The molecule has 1 fully saturated rings. The van der Waals surface area contributed by atoms with E-state index < -0.39 is 0 Å². The van der Waals surface area contributed by atoms with Crippen LogP contribution >= 0.6 is 0 Å². The highest BCUT2D eigenvalue weighted by molar-refractivity contribution is 5.13. The number of aryl methyl sites for hydroxylation is 1. The highest BCUT2D eigenvalue weighted by Gasteiger charge is 2.31. The Hall–Kier alpha value is -1.69. The van der Waals surface area contributed by atoms with Crippen molar-refractivity contribution < 1.29 is 14.4 Å². The van der Waals surface area contributed by atoms with Crippen LogP contribution in [-0.4, -0.2) is 47.5 Å². The highest BCUT2D eigenvalue weighted by Crippen LogP contribution is 2.21. The summed E-state index contributed by atoms with van der Waals surface area (Å²) >= 11 is 0. The zero-order chi connectivity index (χ0) is 16.1. The average Bonchev–Trinajstić information content (AvgIpc) is 3.11. The number of benzene rings is 1. The van der Waals surface area contributed by atoms with Crippen molar-refractivity contribution >= 4 is 0 Å². The molecule has 1 aromatic carbocycles. The molecule has 5 heteroatoms. The zero-order valence-electron chi connectivity index (χ0n) is 13.5. The van der Waals surface area contributed by atoms with E-state index in [2.05, 4.69) is 22.2 Å². The first-order chi connectivity index (χ1) is 11.2. The summed E-state index contributed by atoms with van der Waals surface area (Å²) in [5, 5.41) is 14.1. The van der Waals surface area contributed by atoms with E-state index in [1.807, 2.05) is 31.2 Å². The smallest absolute Gasteiger partial charge is 0.137 e. The van der Waals surface area contributed by atoms with E-state index in [1.165, 1.54) is 5.56 Å². The maximum Gasteiger partial charge on any atom is 0.137 e. The van der Waals surface area contributed by atoms with Gasteiger partial charge in [0.15, 0.2) is 0 Å². The summed E-state index contributed by atoms with van der Waals surface area (Å²) in [6.07, 6.45) is 0.429. The quantitative estimate of drug-likeness (QED) is 0.792. The Morgan fingerprint density at radius 2 is 2.13 bits per heavy atom. The van der Waals surface area contributed by atoms with Gasteiger partial charge in [-0.25, -0.2) is 0 Å². The second-order valence-corrected chi connectivity index (χ2v) is 6.26. The van der Waals surface area contributed by atoms with Crippen molar-refractivity contribution in [3.8, 4) is 0 Å². The van der Waals surface area contributed by atoms with Gasteiger partial charge in [-0.2, -0.15) is 0 Å². The predicted octanol–water partition coefficient (Wildman–Crippen LogP) is 2.04. The Labute approximate surface area is 136 Å². The fourth-order valence-corrected chi connectivity index (χ4v) is 3.05. The number of likely N-dealkylation sites (tertiary alicyclic amines) is 1. The zero-order valence-corrected chi connectivity index (χ0v) is 13.5. The van der Waals surface area contributed by atoms with Crippen LogP contribution in [0.1, 0.15) is 17.0 Å². The summed E-state index contributed by atoms with van der Waals surface area (Å²) in [5.74, 6) is 1.06. The van der Waals surface area contributed by atoms with Crippen molar-refractivity contribution in [2.45, 2.75) is 26.1 Å². The van der Waals surface area contributed by atoms with E-state index in [1.54, 1.807) is 0 Å². The summed E-state index contributed by atoms with van der Waals surface area (Å²) in [5.41, 5.74) is 2.08. The molecular formula is C18H24N2O3. The molecule has 0 amide bonds. The Kier molecular flexibility index (Phi) is 5.43. The third kappa shape index (κ3) is 4.64.